The van der Waals surface area contributed by atoms with Gasteiger partial charge in [-0.25, -0.2) is 0 Å². The molecule has 160 valence electrons. The van der Waals surface area contributed by atoms with Crippen LogP contribution in [-0.2, 0) is 12.8 Å². The van der Waals surface area contributed by atoms with Crippen LogP contribution in [0.3, 0.4) is 0 Å². The number of nitrogens with one attached hydrogen (secondary N) is 1. The highest BCUT2D eigenvalue weighted by atomic mass is 16.7. The fourth-order valence-corrected chi connectivity index (χ4v) is 3.61. The van der Waals surface area contributed by atoms with Crippen molar-refractivity contribution in [3.8, 4) is 23.0 Å². The molecule has 6 nitrogen and oxygen atoms in total. The molecule has 0 aliphatic carbocycles. The standard InChI is InChI=1S/C25H25NO5/c1-28-21-9-6-17(7-10-21)12-20(13-18-8-11-23-24(14-18)31-16-30-23)26-25(27)19-4-3-5-22(15-19)29-2/h3-11,14-15,20H,12-13,16H2,1-2H3,(H,26,27)/t20-/m0/s1. The smallest absolute Gasteiger partial charge is 0.251 e. The Labute approximate surface area is 181 Å². The summed E-state index contributed by atoms with van der Waals surface area (Å²) < 4.78 is 21.4. The van der Waals surface area contributed by atoms with Crippen molar-refractivity contribution in [2.45, 2.75) is 18.9 Å². The van der Waals surface area contributed by atoms with Crippen molar-refractivity contribution >= 4 is 5.91 Å². The summed E-state index contributed by atoms with van der Waals surface area (Å²) in [7, 11) is 3.23. The molecule has 0 radical (unpaired) electrons. The van der Waals surface area contributed by atoms with E-state index in [4.69, 9.17) is 18.9 Å². The van der Waals surface area contributed by atoms with E-state index in [1.54, 1.807) is 26.4 Å². The molecule has 0 spiro atoms. The van der Waals surface area contributed by atoms with Gasteiger partial charge >= 0.3 is 0 Å². The average Bonchev–Trinajstić information content (AvgIpc) is 3.27. The minimum Gasteiger partial charge on any atom is -0.497 e. The van der Waals surface area contributed by atoms with Crippen molar-refractivity contribution < 1.29 is 23.7 Å². The maximum absolute atomic E-state index is 13.0. The van der Waals surface area contributed by atoms with E-state index in [-0.39, 0.29) is 18.7 Å². The normalized spacial score (nSPS) is 12.8. The highest BCUT2D eigenvalue weighted by molar-refractivity contribution is 5.94. The third kappa shape index (κ3) is 5.09. The molecule has 1 heterocycles. The second-order valence-corrected chi connectivity index (χ2v) is 7.35. The van der Waals surface area contributed by atoms with Crippen molar-refractivity contribution in [2.24, 2.45) is 0 Å². The second-order valence-electron chi connectivity index (χ2n) is 7.35. The van der Waals surface area contributed by atoms with E-state index in [1.165, 1.54) is 0 Å². The van der Waals surface area contributed by atoms with E-state index in [2.05, 4.69) is 5.32 Å². The number of ether oxygens (including phenoxy) is 4. The molecule has 3 aromatic carbocycles. The number of carbonyl (C=O) groups excluding carboxylic acids is 1. The first-order chi connectivity index (χ1) is 15.1. The first kappa shape index (κ1) is 20.6. The van der Waals surface area contributed by atoms with Crippen molar-refractivity contribution in [1.82, 2.24) is 5.32 Å². The number of benzene rings is 3. The Morgan fingerprint density at radius 1 is 0.871 bits per heavy atom. The quantitative estimate of drug-likeness (QED) is 0.598. The number of methoxy groups -OCH3 is 2. The van der Waals surface area contributed by atoms with Gasteiger partial charge in [0.2, 0.25) is 6.79 Å². The van der Waals surface area contributed by atoms with Crippen LogP contribution in [0.25, 0.3) is 0 Å². The van der Waals surface area contributed by atoms with Crippen LogP contribution in [0.15, 0.2) is 66.7 Å². The minimum atomic E-state index is -0.141. The summed E-state index contributed by atoms with van der Waals surface area (Å²) in [5.74, 6) is 2.79. The molecular weight excluding hydrogens is 394 g/mol. The summed E-state index contributed by atoms with van der Waals surface area (Å²) in [5.41, 5.74) is 2.73. The molecule has 0 bridgehead atoms. The molecule has 0 saturated heterocycles. The fraction of sp³-hybridized carbons (Fsp3) is 0.240. The zero-order valence-corrected chi connectivity index (χ0v) is 17.6. The van der Waals surface area contributed by atoms with Gasteiger partial charge < -0.3 is 24.3 Å². The highest BCUT2D eigenvalue weighted by Gasteiger charge is 2.19. The summed E-state index contributed by atoms with van der Waals surface area (Å²) in [4.78, 5) is 13.0. The molecule has 1 atom stereocenters. The predicted molar refractivity (Wildman–Crippen MR) is 117 cm³/mol. The minimum absolute atomic E-state index is 0.118. The lowest BCUT2D eigenvalue weighted by Crippen LogP contribution is -2.38. The van der Waals surface area contributed by atoms with Crippen LogP contribution < -0.4 is 24.3 Å². The molecule has 31 heavy (non-hydrogen) atoms. The zero-order chi connectivity index (χ0) is 21.6. The average molecular weight is 419 g/mol. The molecule has 3 aromatic rings. The molecule has 1 aliphatic rings. The third-order valence-electron chi connectivity index (χ3n) is 5.23. The van der Waals surface area contributed by atoms with E-state index in [9.17, 15) is 4.79 Å². The summed E-state index contributed by atoms with van der Waals surface area (Å²) in [6.45, 7) is 0.237. The molecule has 0 fully saturated rings. The van der Waals surface area contributed by atoms with E-state index in [1.807, 2.05) is 54.6 Å². The number of amides is 1. The van der Waals surface area contributed by atoms with Crippen LogP contribution in [0, 0.1) is 0 Å². The van der Waals surface area contributed by atoms with Crippen LogP contribution in [0.5, 0.6) is 23.0 Å². The van der Waals surface area contributed by atoms with E-state index >= 15 is 0 Å². The Kier molecular flexibility index (Phi) is 6.26. The van der Waals surface area contributed by atoms with Gasteiger partial charge in [0.25, 0.3) is 5.91 Å². The monoisotopic (exact) mass is 419 g/mol. The molecule has 0 saturated carbocycles. The van der Waals surface area contributed by atoms with E-state index < -0.39 is 0 Å². The molecule has 1 amide bonds. The second kappa shape index (κ2) is 9.43. The Bertz CT molecular complexity index is 1050. The lowest BCUT2D eigenvalue weighted by Gasteiger charge is -2.20. The van der Waals surface area contributed by atoms with Crippen molar-refractivity contribution in [3.05, 3.63) is 83.4 Å². The highest BCUT2D eigenvalue weighted by Crippen LogP contribution is 2.33. The van der Waals surface area contributed by atoms with Crippen LogP contribution in [0.1, 0.15) is 21.5 Å². The molecule has 4 rings (SSSR count). The van der Waals surface area contributed by atoms with Gasteiger partial charge in [0.05, 0.1) is 14.2 Å². The Hall–Kier alpha value is -3.67. The van der Waals surface area contributed by atoms with Gasteiger partial charge in [0, 0.05) is 11.6 Å². The molecule has 1 aliphatic heterocycles. The van der Waals surface area contributed by atoms with E-state index in [0.717, 1.165) is 28.4 Å². The van der Waals surface area contributed by atoms with Gasteiger partial charge in [-0.3, -0.25) is 4.79 Å². The molecule has 0 aromatic heterocycles. The van der Waals surface area contributed by atoms with Crippen LogP contribution in [0.4, 0.5) is 0 Å². The number of hydrogen-bond donors (Lipinski definition) is 1. The summed E-state index contributed by atoms with van der Waals surface area (Å²) >= 11 is 0. The van der Waals surface area contributed by atoms with Gasteiger partial charge in [-0.2, -0.15) is 0 Å². The van der Waals surface area contributed by atoms with E-state index in [0.29, 0.717) is 24.2 Å². The third-order valence-corrected chi connectivity index (χ3v) is 5.23. The summed E-state index contributed by atoms with van der Waals surface area (Å²) in [6.07, 6.45) is 1.33. The Morgan fingerprint density at radius 2 is 1.58 bits per heavy atom. The fourth-order valence-electron chi connectivity index (χ4n) is 3.61. The summed E-state index contributed by atoms with van der Waals surface area (Å²) in [5, 5.41) is 3.18. The van der Waals surface area contributed by atoms with Crippen LogP contribution >= 0.6 is 0 Å². The molecule has 1 N–H and O–H groups in total. The number of rotatable bonds is 8. The number of carbonyl (C=O) groups is 1. The van der Waals surface area contributed by atoms with Crippen molar-refractivity contribution in [3.63, 3.8) is 0 Å². The SMILES string of the molecule is COc1ccc(C[C@@H](Cc2ccc3c(c2)OCO3)NC(=O)c2cccc(OC)c2)cc1. The Balaban J connectivity index is 1.54. The van der Waals surface area contributed by atoms with Gasteiger partial charge in [-0.1, -0.05) is 24.3 Å². The predicted octanol–water partition coefficient (Wildman–Crippen LogP) is 4.02. The molecule has 0 unspecified atom stereocenters. The van der Waals surface area contributed by atoms with Gasteiger partial charge in [0.1, 0.15) is 11.5 Å². The van der Waals surface area contributed by atoms with Crippen molar-refractivity contribution in [1.29, 1.82) is 0 Å². The topological polar surface area (TPSA) is 66.0 Å². The van der Waals surface area contributed by atoms with Gasteiger partial charge in [-0.15, -0.1) is 0 Å². The van der Waals surface area contributed by atoms with Crippen LogP contribution in [-0.4, -0.2) is 33.0 Å². The summed E-state index contributed by atoms with van der Waals surface area (Å²) in [6, 6.07) is 20.8. The first-order valence-corrected chi connectivity index (χ1v) is 10.1. The largest absolute Gasteiger partial charge is 0.497 e. The zero-order valence-electron chi connectivity index (χ0n) is 17.6. The number of hydrogen-bond acceptors (Lipinski definition) is 5. The molecular formula is C25H25NO5. The Morgan fingerprint density at radius 3 is 2.35 bits per heavy atom. The number of fused-ring (bicyclic) bond motifs is 1. The lowest BCUT2D eigenvalue weighted by atomic mass is 9.98. The maximum atomic E-state index is 13.0. The van der Waals surface area contributed by atoms with Gasteiger partial charge in [0.15, 0.2) is 11.5 Å². The maximum Gasteiger partial charge on any atom is 0.251 e. The van der Waals surface area contributed by atoms with Gasteiger partial charge in [-0.05, 0) is 66.4 Å². The van der Waals surface area contributed by atoms with Crippen LogP contribution in [0.2, 0.25) is 0 Å². The lowest BCUT2D eigenvalue weighted by molar-refractivity contribution is 0.0936. The molecule has 6 heteroatoms. The first-order valence-electron chi connectivity index (χ1n) is 10.1. The van der Waals surface area contributed by atoms with Crippen molar-refractivity contribution in [2.75, 3.05) is 21.0 Å².